The van der Waals surface area contributed by atoms with Crippen LogP contribution in [-0.2, 0) is 21.0 Å². The van der Waals surface area contributed by atoms with Gasteiger partial charge in [-0.3, -0.25) is 9.89 Å². The summed E-state index contributed by atoms with van der Waals surface area (Å²) in [4.78, 5) is 40.4. The molecule has 0 spiro atoms. The Balaban J connectivity index is 0.000000440. The molecule has 0 saturated carbocycles. The minimum Gasteiger partial charge on any atom is -0.497 e. The highest BCUT2D eigenvalue weighted by Gasteiger charge is 2.38. The maximum absolute atomic E-state index is 11.3. The molecule has 0 saturated heterocycles. The van der Waals surface area contributed by atoms with Crippen LogP contribution in [0.2, 0.25) is 0 Å². The number of hydrogen-bond acceptors (Lipinski definition) is 9. The molecule has 0 radical (unpaired) electrons. The lowest BCUT2D eigenvalue weighted by atomic mass is 10.1. The number of primary amides is 1. The van der Waals surface area contributed by atoms with Crippen molar-refractivity contribution in [2.45, 2.75) is 25.4 Å². The van der Waals surface area contributed by atoms with Crippen molar-refractivity contribution in [3.8, 4) is 22.6 Å². The maximum atomic E-state index is 11.3. The second-order valence-corrected chi connectivity index (χ2v) is 8.89. The molecule has 0 aliphatic heterocycles. The number of carbonyl (C=O) groups is 3. The van der Waals surface area contributed by atoms with E-state index >= 15 is 0 Å². The fourth-order valence-corrected chi connectivity index (χ4v) is 3.33. The Morgan fingerprint density at radius 3 is 2.07 bits per heavy atom. The lowest BCUT2D eigenvalue weighted by molar-refractivity contribution is -0.193. The average molecular weight is 661 g/mol. The lowest BCUT2D eigenvalue weighted by Gasteiger charge is -2.20. The van der Waals surface area contributed by atoms with Crippen molar-refractivity contribution in [3.63, 3.8) is 0 Å². The third-order valence-electron chi connectivity index (χ3n) is 5.50. The fraction of sp³-hybridized carbons (Fsp3) is 0.259. The van der Waals surface area contributed by atoms with Crippen molar-refractivity contribution in [1.29, 1.82) is 0 Å². The predicted molar refractivity (Wildman–Crippen MR) is 149 cm³/mol. The van der Waals surface area contributed by atoms with Gasteiger partial charge in [0.2, 0.25) is 5.91 Å². The summed E-state index contributed by atoms with van der Waals surface area (Å²) < 4.78 is 74.6. The standard InChI is InChI=1S/C23H24N6O3.2C2HF3O2/c1-29(9-8-21(24)30)23-19-10-15(16-12-25-26-13-16)6-7-20(19)27-22(28-23)14-32-18-5-3-4-17(11-18)31-2;2*3-2(4,5)1(6)7/h3-7,10-13H,8-9,14H2,1-2H3,(H2,24,30)(H,25,26);2*(H,6,7). The molecule has 0 fully saturated rings. The molecule has 248 valence electrons. The van der Waals surface area contributed by atoms with E-state index in [4.69, 9.17) is 40.0 Å². The number of halogens is 6. The van der Waals surface area contributed by atoms with Crippen molar-refractivity contribution >= 4 is 34.6 Å². The van der Waals surface area contributed by atoms with Gasteiger partial charge < -0.3 is 30.3 Å². The Hall–Kier alpha value is -5.62. The number of carboxylic acids is 2. The third-order valence-corrected chi connectivity index (χ3v) is 5.50. The summed E-state index contributed by atoms with van der Waals surface area (Å²) in [7, 11) is 3.49. The van der Waals surface area contributed by atoms with Crippen LogP contribution in [0.25, 0.3) is 22.0 Å². The molecule has 0 unspecified atom stereocenters. The molecule has 0 atom stereocenters. The predicted octanol–water partition coefficient (Wildman–Crippen LogP) is 4.19. The number of fused-ring (bicyclic) bond motifs is 1. The minimum absolute atomic E-state index is 0.184. The summed E-state index contributed by atoms with van der Waals surface area (Å²) in [5.74, 6) is -3.29. The van der Waals surface area contributed by atoms with E-state index in [0.717, 1.165) is 22.0 Å². The number of alkyl halides is 6. The number of anilines is 1. The van der Waals surface area contributed by atoms with Gasteiger partial charge >= 0.3 is 24.3 Å². The number of carboxylic acid groups (broad SMARTS) is 2. The summed E-state index contributed by atoms with van der Waals surface area (Å²) in [6, 6.07) is 13.3. The minimum atomic E-state index is -5.08. The fourth-order valence-electron chi connectivity index (χ4n) is 3.33. The first kappa shape index (κ1) is 36.6. The van der Waals surface area contributed by atoms with Gasteiger partial charge in [-0.25, -0.2) is 19.6 Å². The number of aromatic amines is 1. The van der Waals surface area contributed by atoms with Crippen molar-refractivity contribution in [2.24, 2.45) is 5.73 Å². The number of ether oxygens (including phenoxy) is 2. The number of rotatable bonds is 9. The first-order valence-electron chi connectivity index (χ1n) is 12.6. The Morgan fingerprint density at radius 2 is 1.54 bits per heavy atom. The Labute approximate surface area is 255 Å². The molecular formula is C27H26F6N6O7. The van der Waals surface area contributed by atoms with Crippen molar-refractivity contribution in [1.82, 2.24) is 20.2 Å². The average Bonchev–Trinajstić information content (AvgIpc) is 3.53. The van der Waals surface area contributed by atoms with Gasteiger partial charge in [0.05, 0.1) is 18.8 Å². The number of carbonyl (C=O) groups excluding carboxylic acids is 1. The van der Waals surface area contributed by atoms with E-state index in [-0.39, 0.29) is 18.9 Å². The van der Waals surface area contributed by atoms with Gasteiger partial charge in [-0.15, -0.1) is 0 Å². The summed E-state index contributed by atoms with van der Waals surface area (Å²) >= 11 is 0. The quantitative estimate of drug-likeness (QED) is 0.188. The maximum Gasteiger partial charge on any atom is 0.490 e. The topological polar surface area (TPSA) is 194 Å². The molecule has 2 aromatic heterocycles. The molecule has 4 rings (SSSR count). The van der Waals surface area contributed by atoms with Crippen LogP contribution >= 0.6 is 0 Å². The highest BCUT2D eigenvalue weighted by molar-refractivity contribution is 5.93. The van der Waals surface area contributed by atoms with E-state index in [2.05, 4.69) is 15.2 Å². The zero-order chi connectivity index (χ0) is 34.7. The Kier molecular flexibility index (Phi) is 12.6. The molecule has 0 aliphatic carbocycles. The number of nitrogens with one attached hydrogen (secondary N) is 1. The van der Waals surface area contributed by atoms with Crippen molar-refractivity contribution in [2.75, 3.05) is 25.6 Å². The van der Waals surface area contributed by atoms with Gasteiger partial charge in [0.1, 0.15) is 23.9 Å². The van der Waals surface area contributed by atoms with Crippen LogP contribution in [0.15, 0.2) is 54.9 Å². The summed E-state index contributed by atoms with van der Waals surface area (Å²) in [6.45, 7) is 0.622. The summed E-state index contributed by atoms with van der Waals surface area (Å²) in [6.07, 6.45) is -6.36. The van der Waals surface area contributed by atoms with E-state index in [1.165, 1.54) is 0 Å². The number of nitrogens with zero attached hydrogens (tertiary/aromatic N) is 4. The zero-order valence-corrected chi connectivity index (χ0v) is 23.9. The van der Waals surface area contributed by atoms with Gasteiger partial charge in [0.25, 0.3) is 0 Å². The number of H-pyrrole nitrogens is 1. The number of benzene rings is 2. The van der Waals surface area contributed by atoms with Gasteiger partial charge in [0.15, 0.2) is 5.82 Å². The number of hydrogen-bond donors (Lipinski definition) is 4. The van der Waals surface area contributed by atoms with Crippen LogP contribution < -0.4 is 20.1 Å². The SMILES string of the molecule is COc1cccc(OCc2nc(N(C)CCC(N)=O)c3cc(-c4cn[nH]c4)ccc3n2)c1.O=C(O)C(F)(F)F.O=C(O)C(F)(F)F. The molecule has 2 heterocycles. The highest BCUT2D eigenvalue weighted by atomic mass is 19.4. The molecule has 1 amide bonds. The number of amides is 1. The van der Waals surface area contributed by atoms with E-state index in [1.807, 2.05) is 54.5 Å². The molecule has 5 N–H and O–H groups in total. The van der Waals surface area contributed by atoms with Gasteiger partial charge in [-0.1, -0.05) is 12.1 Å². The van der Waals surface area contributed by atoms with Crippen LogP contribution in [0.5, 0.6) is 11.5 Å². The number of aromatic nitrogens is 4. The van der Waals surface area contributed by atoms with Crippen LogP contribution in [0.3, 0.4) is 0 Å². The van der Waals surface area contributed by atoms with E-state index in [9.17, 15) is 31.1 Å². The van der Waals surface area contributed by atoms with Crippen LogP contribution in [-0.4, -0.2) is 81.3 Å². The Bertz CT molecular complexity index is 1610. The molecular weight excluding hydrogens is 634 g/mol. The van der Waals surface area contributed by atoms with E-state index in [1.54, 1.807) is 19.4 Å². The summed E-state index contributed by atoms with van der Waals surface area (Å²) in [5.41, 5.74) is 8.07. The van der Waals surface area contributed by atoms with E-state index in [0.29, 0.717) is 29.7 Å². The number of nitrogens with two attached hydrogens (primary N) is 1. The lowest BCUT2D eigenvalue weighted by Crippen LogP contribution is -2.25. The zero-order valence-electron chi connectivity index (χ0n) is 23.9. The van der Waals surface area contributed by atoms with Gasteiger partial charge in [-0.2, -0.15) is 31.4 Å². The molecule has 0 bridgehead atoms. The smallest absolute Gasteiger partial charge is 0.490 e. The number of methoxy groups -OCH3 is 1. The first-order chi connectivity index (χ1) is 21.4. The normalized spacial score (nSPS) is 11.0. The Morgan fingerprint density at radius 1 is 0.935 bits per heavy atom. The number of aliphatic carboxylic acids is 2. The van der Waals surface area contributed by atoms with Crippen molar-refractivity contribution in [3.05, 3.63) is 60.7 Å². The molecule has 2 aromatic carbocycles. The summed E-state index contributed by atoms with van der Waals surface area (Å²) in [5, 5.41) is 22.0. The van der Waals surface area contributed by atoms with Crippen LogP contribution in [0, 0.1) is 0 Å². The second kappa shape index (κ2) is 15.9. The molecule has 4 aromatic rings. The van der Waals surface area contributed by atoms with Crippen LogP contribution in [0.1, 0.15) is 12.2 Å². The highest BCUT2D eigenvalue weighted by Crippen LogP contribution is 2.29. The molecule has 0 aliphatic rings. The molecule has 19 heteroatoms. The van der Waals surface area contributed by atoms with Gasteiger partial charge in [0, 0.05) is 43.2 Å². The molecule has 13 nitrogen and oxygen atoms in total. The monoisotopic (exact) mass is 660 g/mol. The largest absolute Gasteiger partial charge is 0.497 e. The van der Waals surface area contributed by atoms with Crippen molar-refractivity contribution < 1.29 is 60.4 Å². The van der Waals surface area contributed by atoms with Gasteiger partial charge in [-0.05, 0) is 29.8 Å². The van der Waals surface area contributed by atoms with Crippen LogP contribution in [0.4, 0.5) is 32.2 Å². The molecule has 46 heavy (non-hydrogen) atoms. The second-order valence-electron chi connectivity index (χ2n) is 8.89. The first-order valence-corrected chi connectivity index (χ1v) is 12.6. The third kappa shape index (κ3) is 11.5. The van der Waals surface area contributed by atoms with E-state index < -0.39 is 24.3 Å².